The van der Waals surface area contributed by atoms with Gasteiger partial charge in [-0.2, -0.15) is 4.68 Å². The second kappa shape index (κ2) is 8.12. The van der Waals surface area contributed by atoms with Crippen LogP contribution in [0.15, 0.2) is 36.5 Å². The Morgan fingerprint density at radius 2 is 2.22 bits per heavy atom. The van der Waals surface area contributed by atoms with Crippen molar-refractivity contribution < 1.29 is 9.53 Å². The lowest BCUT2D eigenvalue weighted by molar-refractivity contribution is -0.113. The van der Waals surface area contributed by atoms with Crippen LogP contribution in [0.1, 0.15) is 19.3 Å². The zero-order valence-electron chi connectivity index (χ0n) is 12.9. The summed E-state index contributed by atoms with van der Waals surface area (Å²) in [7, 11) is 0. The smallest absolute Gasteiger partial charge is 0.235 e. The zero-order valence-corrected chi connectivity index (χ0v) is 13.7. The molecule has 1 aromatic heterocycles. The molecule has 1 amide bonds. The van der Waals surface area contributed by atoms with E-state index < -0.39 is 0 Å². The highest BCUT2D eigenvalue weighted by atomic mass is 32.2. The number of aromatic nitrogens is 3. The lowest BCUT2D eigenvalue weighted by Gasteiger charge is -2.21. The fourth-order valence-corrected chi connectivity index (χ4v) is 3.38. The number of hydrogen-bond donors (Lipinski definition) is 1. The van der Waals surface area contributed by atoms with Gasteiger partial charge >= 0.3 is 0 Å². The van der Waals surface area contributed by atoms with Gasteiger partial charge in [-0.15, -0.1) is 16.9 Å². The highest BCUT2D eigenvalue weighted by Crippen LogP contribution is 2.18. The summed E-state index contributed by atoms with van der Waals surface area (Å²) in [6.45, 7) is 0.847. The number of thioether (sulfide) groups is 1. The van der Waals surface area contributed by atoms with Gasteiger partial charge in [0.25, 0.3) is 0 Å². The maximum atomic E-state index is 12.1. The van der Waals surface area contributed by atoms with E-state index in [0.717, 1.165) is 30.9 Å². The molecule has 1 saturated heterocycles. The lowest BCUT2D eigenvalue weighted by Crippen LogP contribution is -2.23. The molecule has 1 unspecified atom stereocenters. The van der Waals surface area contributed by atoms with Gasteiger partial charge in [0, 0.05) is 12.4 Å². The highest BCUT2D eigenvalue weighted by Gasteiger charge is 2.15. The third-order valence-corrected chi connectivity index (χ3v) is 4.70. The molecule has 1 fully saturated rings. The number of nitrogens with zero attached hydrogens (tertiary/aromatic N) is 3. The summed E-state index contributed by atoms with van der Waals surface area (Å²) in [5.74, 6) is 1.80. The van der Waals surface area contributed by atoms with E-state index in [4.69, 9.17) is 4.74 Å². The number of hydrogen-bond acceptors (Lipinski definition) is 5. The Labute approximate surface area is 139 Å². The van der Waals surface area contributed by atoms with Crippen LogP contribution in [0.5, 0.6) is 0 Å². The second-order valence-electron chi connectivity index (χ2n) is 5.42. The van der Waals surface area contributed by atoms with Crippen molar-refractivity contribution in [1.29, 1.82) is 0 Å². The van der Waals surface area contributed by atoms with Crippen molar-refractivity contribution in [2.45, 2.75) is 25.4 Å². The van der Waals surface area contributed by atoms with Crippen molar-refractivity contribution in [3.63, 3.8) is 0 Å². The van der Waals surface area contributed by atoms with Crippen molar-refractivity contribution in [3.05, 3.63) is 36.5 Å². The van der Waals surface area contributed by atoms with Gasteiger partial charge in [-0.1, -0.05) is 23.4 Å². The van der Waals surface area contributed by atoms with Crippen LogP contribution in [-0.2, 0) is 9.53 Å². The van der Waals surface area contributed by atoms with Crippen molar-refractivity contribution in [2.75, 3.05) is 23.4 Å². The number of carbonyl (C=O) groups excluding carboxylic acids is 1. The van der Waals surface area contributed by atoms with E-state index in [0.29, 0.717) is 11.6 Å². The van der Waals surface area contributed by atoms with Crippen LogP contribution in [-0.4, -0.2) is 45.1 Å². The molecular weight excluding hydrogens is 312 g/mol. The minimum atomic E-state index is -0.0507. The predicted octanol–water partition coefficient (Wildman–Crippen LogP) is 2.51. The fraction of sp³-hybridized carbons (Fsp3) is 0.438. The molecule has 1 N–H and O–H groups in total. The molecular formula is C16H20N4O2S. The summed E-state index contributed by atoms with van der Waals surface area (Å²) < 4.78 is 7.28. The number of carbonyl (C=O) groups is 1. The molecule has 1 aliphatic heterocycles. The maximum absolute atomic E-state index is 12.1. The Morgan fingerprint density at radius 1 is 1.35 bits per heavy atom. The monoisotopic (exact) mass is 332 g/mol. The van der Waals surface area contributed by atoms with Crippen molar-refractivity contribution in [1.82, 2.24) is 15.0 Å². The number of amides is 1. The molecule has 122 valence electrons. The van der Waals surface area contributed by atoms with Gasteiger partial charge in [-0.25, -0.2) is 0 Å². The second-order valence-corrected chi connectivity index (χ2v) is 6.45. The topological polar surface area (TPSA) is 69.0 Å². The normalized spacial score (nSPS) is 17.8. The molecule has 3 rings (SSSR count). The Morgan fingerprint density at radius 3 is 3.00 bits per heavy atom. The molecule has 0 bridgehead atoms. The molecule has 2 aromatic rings. The minimum absolute atomic E-state index is 0.0507. The van der Waals surface area contributed by atoms with Crippen molar-refractivity contribution in [2.24, 2.45) is 0 Å². The fourth-order valence-electron chi connectivity index (χ4n) is 2.48. The zero-order chi connectivity index (χ0) is 15.9. The van der Waals surface area contributed by atoms with Crippen LogP contribution in [0.2, 0.25) is 0 Å². The van der Waals surface area contributed by atoms with E-state index in [9.17, 15) is 4.79 Å². The van der Waals surface area contributed by atoms with Crippen LogP contribution >= 0.6 is 11.8 Å². The van der Waals surface area contributed by atoms with Crippen LogP contribution in [0.3, 0.4) is 0 Å². The molecule has 6 nitrogen and oxygen atoms in total. The van der Waals surface area contributed by atoms with Gasteiger partial charge in [0.15, 0.2) is 5.82 Å². The first kappa shape index (κ1) is 16.0. The van der Waals surface area contributed by atoms with Gasteiger partial charge in [-0.3, -0.25) is 4.79 Å². The van der Waals surface area contributed by atoms with Crippen LogP contribution in [0.4, 0.5) is 5.82 Å². The molecule has 1 atom stereocenters. The number of nitrogens with one attached hydrogen (secondary N) is 1. The summed E-state index contributed by atoms with van der Waals surface area (Å²) in [6, 6.07) is 9.60. The molecule has 0 radical (unpaired) electrons. The van der Waals surface area contributed by atoms with E-state index in [1.165, 1.54) is 6.42 Å². The number of para-hydroxylation sites is 1. The van der Waals surface area contributed by atoms with E-state index in [1.54, 1.807) is 22.6 Å². The molecule has 1 aliphatic rings. The molecule has 0 spiro atoms. The molecule has 23 heavy (non-hydrogen) atoms. The first-order valence-electron chi connectivity index (χ1n) is 7.78. The first-order valence-corrected chi connectivity index (χ1v) is 8.94. The summed E-state index contributed by atoms with van der Waals surface area (Å²) in [4.78, 5) is 12.1. The average molecular weight is 332 g/mol. The number of anilines is 1. The third-order valence-electron chi connectivity index (χ3n) is 3.63. The Bertz CT molecular complexity index is 626. The molecule has 0 aliphatic carbocycles. The maximum Gasteiger partial charge on any atom is 0.235 e. The lowest BCUT2D eigenvalue weighted by atomic mass is 10.1. The van der Waals surface area contributed by atoms with Gasteiger partial charge in [0.2, 0.25) is 5.91 Å². The molecule has 2 heterocycles. The van der Waals surface area contributed by atoms with Crippen molar-refractivity contribution in [3.8, 4) is 5.69 Å². The number of benzene rings is 1. The van der Waals surface area contributed by atoms with Gasteiger partial charge in [0.05, 0.1) is 23.7 Å². The van der Waals surface area contributed by atoms with Crippen LogP contribution < -0.4 is 5.32 Å². The van der Waals surface area contributed by atoms with Crippen LogP contribution in [0, 0.1) is 0 Å². The molecule has 1 aromatic carbocycles. The summed E-state index contributed by atoms with van der Waals surface area (Å²) in [6.07, 6.45) is 5.31. The highest BCUT2D eigenvalue weighted by molar-refractivity contribution is 8.00. The quantitative estimate of drug-likeness (QED) is 0.880. The molecule has 0 saturated carbocycles. The van der Waals surface area contributed by atoms with E-state index in [1.807, 2.05) is 30.3 Å². The summed E-state index contributed by atoms with van der Waals surface area (Å²) >= 11 is 1.60. The number of ether oxygens (including phenoxy) is 1. The predicted molar refractivity (Wildman–Crippen MR) is 90.9 cm³/mol. The Kier molecular flexibility index (Phi) is 5.65. The average Bonchev–Trinajstić information content (AvgIpc) is 3.05. The standard InChI is InChI=1S/C16H20N4O2S/c21-16(12-23-11-14-8-4-5-9-22-14)18-15-10-17-19-20(15)13-6-2-1-3-7-13/h1-3,6-7,10,14H,4-5,8-9,11-12H2,(H,18,21). The summed E-state index contributed by atoms with van der Waals surface area (Å²) in [5, 5.41) is 10.8. The summed E-state index contributed by atoms with van der Waals surface area (Å²) in [5.41, 5.74) is 0.864. The van der Waals surface area contributed by atoms with E-state index in [2.05, 4.69) is 15.6 Å². The van der Waals surface area contributed by atoms with E-state index in [-0.39, 0.29) is 12.0 Å². The Hall–Kier alpha value is -1.86. The first-order chi connectivity index (χ1) is 11.3. The third kappa shape index (κ3) is 4.56. The number of rotatable bonds is 6. The van der Waals surface area contributed by atoms with Gasteiger partial charge in [-0.05, 0) is 31.4 Å². The Balaban J connectivity index is 1.49. The largest absolute Gasteiger partial charge is 0.377 e. The van der Waals surface area contributed by atoms with Gasteiger partial charge in [0.1, 0.15) is 0 Å². The minimum Gasteiger partial charge on any atom is -0.377 e. The van der Waals surface area contributed by atoms with Gasteiger partial charge < -0.3 is 10.1 Å². The van der Waals surface area contributed by atoms with Crippen LogP contribution in [0.25, 0.3) is 5.69 Å². The SMILES string of the molecule is O=C(CSCC1CCCCO1)Nc1cnnn1-c1ccccc1. The van der Waals surface area contributed by atoms with E-state index >= 15 is 0 Å². The molecule has 7 heteroatoms. The van der Waals surface area contributed by atoms with Crippen molar-refractivity contribution >= 4 is 23.5 Å².